The Morgan fingerprint density at radius 2 is 1.00 bits per heavy atom. The molecule has 0 bridgehead atoms. The molecule has 0 spiro atoms. The Morgan fingerprint density at radius 1 is 0.645 bits per heavy atom. The van der Waals surface area contributed by atoms with Crippen molar-refractivity contribution in [1.82, 2.24) is 0 Å². The van der Waals surface area contributed by atoms with Gasteiger partial charge in [-0.2, -0.15) is 35.5 Å². The van der Waals surface area contributed by atoms with Gasteiger partial charge >= 0.3 is 25.8 Å². The van der Waals surface area contributed by atoms with Gasteiger partial charge in [-0.1, -0.05) is 61.4 Å². The summed E-state index contributed by atoms with van der Waals surface area (Å²) in [5.41, 5.74) is 10.5. The third-order valence-corrected chi connectivity index (χ3v) is 6.05. The van der Waals surface area contributed by atoms with Crippen LogP contribution in [0.2, 0.25) is 0 Å². The molecule has 2 aliphatic heterocycles. The first kappa shape index (κ1) is 25.1. The molecule has 0 N–H and O–H groups in total. The van der Waals surface area contributed by atoms with Crippen LogP contribution in [-0.4, -0.2) is 26.2 Å². The molecule has 2 heterocycles. The Morgan fingerprint density at radius 3 is 1.39 bits per heavy atom. The minimum atomic E-state index is 0. The molecule has 0 aromatic heterocycles. The van der Waals surface area contributed by atoms with Crippen LogP contribution in [0.1, 0.15) is 25.0 Å². The Bertz CT molecular complexity index is 1000. The summed E-state index contributed by atoms with van der Waals surface area (Å²) in [6.45, 7) is 4.23. The maximum atomic E-state index is 3.44. The van der Waals surface area contributed by atoms with Crippen LogP contribution >= 0.6 is 0 Å². The van der Waals surface area contributed by atoms with Crippen LogP contribution in [0.4, 0.5) is 11.4 Å². The second-order valence-corrected chi connectivity index (χ2v) is 7.92. The second-order valence-electron chi connectivity index (χ2n) is 7.92. The Balaban J connectivity index is 0.000000201. The van der Waals surface area contributed by atoms with Crippen LogP contribution in [0.15, 0.2) is 71.8 Å². The van der Waals surface area contributed by atoms with Crippen molar-refractivity contribution in [2.75, 3.05) is 23.9 Å². The van der Waals surface area contributed by atoms with Crippen LogP contribution in [0.5, 0.6) is 0 Å². The topological polar surface area (TPSA) is 6.48 Å². The minimum Gasteiger partial charge on any atom is -0.386 e. The van der Waals surface area contributed by atoms with E-state index in [2.05, 4.69) is 111 Å². The molecule has 2 aliphatic carbocycles. The standard InChI is InChI=1S/2C13H12N.2CH3.Hf/c2*1-9-7-11-10-5-3-4-6-12(10)14(2)13(11)8-9;;;/h2*3-6,8,13H,1-2H3;2*1H3;/q4*-1;+4. The molecular weight excluding hydrogens is 543 g/mol. The summed E-state index contributed by atoms with van der Waals surface area (Å²) in [5.74, 6) is 0. The van der Waals surface area contributed by atoms with E-state index in [4.69, 9.17) is 0 Å². The van der Waals surface area contributed by atoms with Crippen molar-refractivity contribution in [1.29, 1.82) is 0 Å². The van der Waals surface area contributed by atoms with E-state index in [1.807, 2.05) is 0 Å². The normalized spacial score (nSPS) is 20.8. The Labute approximate surface area is 207 Å². The van der Waals surface area contributed by atoms with Crippen molar-refractivity contribution in [3.63, 3.8) is 0 Å². The number of hydrogen-bond donors (Lipinski definition) is 0. The van der Waals surface area contributed by atoms with Gasteiger partial charge in [-0.25, -0.2) is 0 Å². The van der Waals surface area contributed by atoms with E-state index in [0.717, 1.165) is 0 Å². The molecule has 0 amide bonds. The summed E-state index contributed by atoms with van der Waals surface area (Å²) in [7, 11) is 4.29. The molecule has 3 heteroatoms. The number of benzene rings is 2. The molecule has 4 aliphatic rings. The van der Waals surface area contributed by atoms with Crippen LogP contribution < -0.4 is 9.80 Å². The Kier molecular flexibility index (Phi) is 7.75. The Hall–Kier alpha value is -2.13. The van der Waals surface area contributed by atoms with Crippen LogP contribution in [0.25, 0.3) is 11.1 Å². The van der Waals surface area contributed by atoms with Gasteiger partial charge in [0, 0.05) is 26.2 Å². The maximum Gasteiger partial charge on any atom is 4.00 e. The molecule has 0 radical (unpaired) electrons. The van der Waals surface area contributed by atoms with E-state index in [-0.39, 0.29) is 40.7 Å². The fraction of sp³-hybridized carbons (Fsp3) is 0.214. The van der Waals surface area contributed by atoms with Gasteiger partial charge in [-0.3, -0.25) is 0 Å². The van der Waals surface area contributed by atoms with E-state index >= 15 is 0 Å². The number of allylic oxidation sites excluding steroid dienone is 4. The average molecular weight is 573 g/mol. The van der Waals surface area contributed by atoms with Crippen LogP contribution in [-0.2, 0) is 25.8 Å². The van der Waals surface area contributed by atoms with Gasteiger partial charge in [0.15, 0.2) is 0 Å². The summed E-state index contributed by atoms with van der Waals surface area (Å²) in [4.78, 5) is 4.63. The van der Waals surface area contributed by atoms with Crippen molar-refractivity contribution in [3.05, 3.63) is 110 Å². The first-order chi connectivity index (χ1) is 13.5. The molecule has 0 fully saturated rings. The number of anilines is 2. The van der Waals surface area contributed by atoms with Gasteiger partial charge in [0.25, 0.3) is 0 Å². The molecule has 2 nitrogen and oxygen atoms in total. The van der Waals surface area contributed by atoms with Crippen LogP contribution in [0, 0.1) is 27.0 Å². The molecule has 0 saturated heterocycles. The average Bonchev–Trinajstić information content (AvgIpc) is 3.41. The molecular formula is C28H30HfN2. The number of rotatable bonds is 0. The fourth-order valence-corrected chi connectivity index (χ4v) is 4.68. The number of nitrogens with zero attached hydrogens (tertiary/aromatic N) is 2. The fourth-order valence-electron chi connectivity index (χ4n) is 4.68. The predicted molar refractivity (Wildman–Crippen MR) is 131 cm³/mol. The molecule has 156 valence electrons. The summed E-state index contributed by atoms with van der Waals surface area (Å²) in [6, 6.07) is 17.9. The van der Waals surface area contributed by atoms with E-state index in [0.29, 0.717) is 12.1 Å². The summed E-state index contributed by atoms with van der Waals surface area (Å²) >= 11 is 0. The second kappa shape index (κ2) is 9.56. The van der Waals surface area contributed by atoms with Crippen molar-refractivity contribution in [2.24, 2.45) is 0 Å². The SMILES string of the molecule is CC1=CC2C(=[C-]1)c1ccccc1N2C.CC1=CC2C(=[C-]1)c1ccccc1N2C.[CH3-].[CH3-].[Hf+4]. The summed E-state index contributed by atoms with van der Waals surface area (Å²) in [5, 5.41) is 0. The van der Waals surface area contributed by atoms with Crippen molar-refractivity contribution >= 4 is 22.5 Å². The molecule has 2 unspecified atom stereocenters. The van der Waals surface area contributed by atoms with Gasteiger partial charge < -0.3 is 24.7 Å². The number of para-hydroxylation sites is 2. The quantitative estimate of drug-likeness (QED) is 0.274. The van der Waals surface area contributed by atoms with E-state index in [1.165, 1.54) is 44.8 Å². The van der Waals surface area contributed by atoms with Crippen molar-refractivity contribution < 1.29 is 25.8 Å². The largest absolute Gasteiger partial charge is 4.00 e. The first-order valence-corrected chi connectivity index (χ1v) is 9.83. The number of likely N-dealkylation sites (N-methyl/N-ethyl adjacent to an activating group) is 2. The molecule has 2 aromatic rings. The van der Waals surface area contributed by atoms with Gasteiger partial charge in [-0.15, -0.1) is 23.3 Å². The van der Waals surface area contributed by atoms with E-state index < -0.39 is 0 Å². The van der Waals surface area contributed by atoms with E-state index in [1.54, 1.807) is 0 Å². The monoisotopic (exact) mass is 574 g/mol. The maximum absolute atomic E-state index is 3.44. The first-order valence-electron chi connectivity index (χ1n) is 9.83. The predicted octanol–water partition coefficient (Wildman–Crippen LogP) is 6.20. The molecule has 31 heavy (non-hydrogen) atoms. The van der Waals surface area contributed by atoms with Gasteiger partial charge in [0.2, 0.25) is 0 Å². The molecule has 6 rings (SSSR count). The van der Waals surface area contributed by atoms with Crippen LogP contribution in [0.3, 0.4) is 0 Å². The van der Waals surface area contributed by atoms with Gasteiger partial charge in [0.05, 0.1) is 0 Å². The zero-order valence-corrected chi connectivity index (χ0v) is 22.9. The minimum absolute atomic E-state index is 0. The number of hydrogen-bond acceptors (Lipinski definition) is 2. The summed E-state index contributed by atoms with van der Waals surface area (Å²) in [6.07, 6.45) is 11.4. The van der Waals surface area contributed by atoms with Crippen molar-refractivity contribution in [2.45, 2.75) is 25.9 Å². The smallest absolute Gasteiger partial charge is 0.386 e. The third kappa shape index (κ3) is 4.05. The zero-order valence-electron chi connectivity index (χ0n) is 19.3. The van der Waals surface area contributed by atoms with Gasteiger partial charge in [0.1, 0.15) is 0 Å². The van der Waals surface area contributed by atoms with Gasteiger partial charge in [-0.05, 0) is 11.4 Å². The molecule has 2 aromatic carbocycles. The van der Waals surface area contributed by atoms with Crippen molar-refractivity contribution in [3.8, 4) is 0 Å². The molecule has 2 atom stereocenters. The third-order valence-electron chi connectivity index (χ3n) is 6.05. The number of fused-ring (bicyclic) bond motifs is 6. The summed E-state index contributed by atoms with van der Waals surface area (Å²) < 4.78 is 0. The van der Waals surface area contributed by atoms with E-state index in [9.17, 15) is 0 Å². The molecule has 0 saturated carbocycles. The zero-order chi connectivity index (χ0) is 19.4.